The van der Waals surface area contributed by atoms with Gasteiger partial charge in [0.05, 0.1) is 17.2 Å². The highest BCUT2D eigenvalue weighted by Crippen LogP contribution is 2.25. The molecule has 4 heteroatoms. The number of aromatic nitrogens is 3. The van der Waals surface area contributed by atoms with E-state index in [4.69, 9.17) is 5.11 Å². The van der Waals surface area contributed by atoms with Crippen molar-refractivity contribution in [1.82, 2.24) is 14.5 Å². The van der Waals surface area contributed by atoms with Gasteiger partial charge in [-0.2, -0.15) is 0 Å². The lowest BCUT2D eigenvalue weighted by Crippen LogP contribution is -1.95. The van der Waals surface area contributed by atoms with E-state index in [0.29, 0.717) is 6.42 Å². The van der Waals surface area contributed by atoms with E-state index in [1.54, 1.807) is 0 Å². The summed E-state index contributed by atoms with van der Waals surface area (Å²) in [6, 6.07) is 16.3. The van der Waals surface area contributed by atoms with Crippen LogP contribution in [-0.4, -0.2) is 26.2 Å². The van der Waals surface area contributed by atoms with E-state index >= 15 is 0 Å². The van der Waals surface area contributed by atoms with Crippen LogP contribution < -0.4 is 0 Å². The molecule has 0 aliphatic carbocycles. The van der Waals surface area contributed by atoms with Gasteiger partial charge in [-0.15, -0.1) is 0 Å². The number of fused-ring (bicyclic) bond motifs is 3. The van der Waals surface area contributed by atoms with Gasteiger partial charge in [-0.25, -0.2) is 4.98 Å². The third-order valence-electron chi connectivity index (χ3n) is 3.90. The maximum absolute atomic E-state index is 9.01. The van der Waals surface area contributed by atoms with Crippen LogP contribution in [0.3, 0.4) is 0 Å². The molecule has 108 valence electrons. The number of imidazole rings is 1. The first-order chi connectivity index (χ1) is 10.9. The fraction of sp³-hybridized carbons (Fsp3) is 0.111. The molecule has 2 aromatic carbocycles. The molecule has 2 aromatic heterocycles. The highest BCUT2D eigenvalue weighted by Gasteiger charge is 2.09. The van der Waals surface area contributed by atoms with Crippen LogP contribution in [0.1, 0.15) is 5.56 Å². The quantitative estimate of drug-likeness (QED) is 0.630. The molecule has 0 unspecified atom stereocenters. The molecule has 0 bridgehead atoms. The molecule has 0 aliphatic rings. The molecule has 0 fully saturated rings. The molecule has 22 heavy (non-hydrogen) atoms. The van der Waals surface area contributed by atoms with Gasteiger partial charge in [0.25, 0.3) is 0 Å². The van der Waals surface area contributed by atoms with Crippen molar-refractivity contribution < 1.29 is 5.11 Å². The lowest BCUT2D eigenvalue weighted by molar-refractivity contribution is 0.299. The number of hydrogen-bond donors (Lipinski definition) is 1. The zero-order valence-electron chi connectivity index (χ0n) is 12.0. The molecule has 0 aliphatic heterocycles. The zero-order valence-corrected chi connectivity index (χ0v) is 12.0. The number of nitrogens with zero attached hydrogens (tertiary/aromatic N) is 3. The van der Waals surface area contributed by atoms with E-state index in [2.05, 4.69) is 32.7 Å². The van der Waals surface area contributed by atoms with Crippen molar-refractivity contribution in [2.45, 2.75) is 6.42 Å². The summed E-state index contributed by atoms with van der Waals surface area (Å²) in [5, 5.41) is 10.1. The Hall–Kier alpha value is -2.72. The van der Waals surface area contributed by atoms with Crippen LogP contribution in [0.25, 0.3) is 27.6 Å². The van der Waals surface area contributed by atoms with Crippen molar-refractivity contribution in [2.75, 3.05) is 6.61 Å². The van der Waals surface area contributed by atoms with Crippen molar-refractivity contribution in [2.24, 2.45) is 0 Å². The van der Waals surface area contributed by atoms with E-state index in [0.717, 1.165) is 33.2 Å². The van der Waals surface area contributed by atoms with Crippen molar-refractivity contribution in [3.63, 3.8) is 0 Å². The fourth-order valence-corrected chi connectivity index (χ4v) is 2.79. The lowest BCUT2D eigenvalue weighted by Gasteiger charge is -2.07. The third-order valence-corrected chi connectivity index (χ3v) is 3.90. The largest absolute Gasteiger partial charge is 0.396 e. The maximum atomic E-state index is 9.01. The molecule has 0 atom stereocenters. The van der Waals surface area contributed by atoms with Gasteiger partial charge in [-0.05, 0) is 30.2 Å². The van der Waals surface area contributed by atoms with Gasteiger partial charge < -0.3 is 5.11 Å². The minimum absolute atomic E-state index is 0.170. The third kappa shape index (κ3) is 2.05. The Morgan fingerprint density at radius 2 is 1.73 bits per heavy atom. The fourth-order valence-electron chi connectivity index (χ4n) is 2.79. The predicted molar refractivity (Wildman–Crippen MR) is 87.2 cm³/mol. The summed E-state index contributed by atoms with van der Waals surface area (Å²) >= 11 is 0. The first kappa shape index (κ1) is 13.0. The second-order valence-electron chi connectivity index (χ2n) is 5.26. The van der Waals surface area contributed by atoms with Crippen LogP contribution in [-0.2, 0) is 6.42 Å². The Morgan fingerprint density at radius 3 is 2.55 bits per heavy atom. The molecule has 4 rings (SSSR count). The molecular formula is C18H15N3O. The van der Waals surface area contributed by atoms with Gasteiger partial charge in [0, 0.05) is 17.7 Å². The van der Waals surface area contributed by atoms with Crippen LogP contribution in [0.15, 0.2) is 61.1 Å². The minimum Gasteiger partial charge on any atom is -0.396 e. The Balaban J connectivity index is 1.93. The van der Waals surface area contributed by atoms with E-state index < -0.39 is 0 Å². The first-order valence-electron chi connectivity index (χ1n) is 7.28. The van der Waals surface area contributed by atoms with Crippen LogP contribution in [0.2, 0.25) is 0 Å². The summed E-state index contributed by atoms with van der Waals surface area (Å²) in [6.45, 7) is 0.170. The van der Waals surface area contributed by atoms with E-state index in [1.165, 1.54) is 0 Å². The maximum Gasteiger partial charge on any atom is 0.108 e. The highest BCUT2D eigenvalue weighted by atomic mass is 16.2. The smallest absolute Gasteiger partial charge is 0.108 e. The average Bonchev–Trinajstić information content (AvgIpc) is 3.00. The van der Waals surface area contributed by atoms with Gasteiger partial charge >= 0.3 is 0 Å². The van der Waals surface area contributed by atoms with E-state index in [-0.39, 0.29) is 6.61 Å². The molecular weight excluding hydrogens is 274 g/mol. The number of pyridine rings is 1. The monoisotopic (exact) mass is 289 g/mol. The Bertz CT molecular complexity index is 942. The summed E-state index contributed by atoms with van der Waals surface area (Å²) < 4.78 is 2.09. The molecule has 4 nitrogen and oxygen atoms in total. The molecule has 4 aromatic rings. The molecule has 0 radical (unpaired) electrons. The van der Waals surface area contributed by atoms with E-state index in [9.17, 15) is 0 Å². The van der Waals surface area contributed by atoms with Crippen LogP contribution in [0.4, 0.5) is 0 Å². The molecule has 2 heterocycles. The number of aliphatic hydroxyl groups excluding tert-OH is 1. The highest BCUT2D eigenvalue weighted by molar-refractivity contribution is 6.02. The average molecular weight is 289 g/mol. The molecule has 0 saturated carbocycles. The molecule has 0 amide bonds. The van der Waals surface area contributed by atoms with Gasteiger partial charge in [0.2, 0.25) is 0 Å². The van der Waals surface area contributed by atoms with Gasteiger partial charge in [0.15, 0.2) is 0 Å². The van der Waals surface area contributed by atoms with Gasteiger partial charge in [-0.1, -0.05) is 30.3 Å². The summed E-state index contributed by atoms with van der Waals surface area (Å²) in [6.07, 6.45) is 4.33. The van der Waals surface area contributed by atoms with E-state index in [1.807, 2.05) is 42.9 Å². The molecule has 0 saturated heterocycles. The lowest BCUT2D eigenvalue weighted by atomic mass is 10.1. The van der Waals surface area contributed by atoms with Gasteiger partial charge in [0.1, 0.15) is 11.8 Å². The Labute approximate surface area is 127 Å². The minimum atomic E-state index is 0.170. The summed E-state index contributed by atoms with van der Waals surface area (Å²) in [5.41, 5.74) is 5.11. The number of rotatable bonds is 3. The summed E-state index contributed by atoms with van der Waals surface area (Å²) in [4.78, 5) is 8.92. The second kappa shape index (κ2) is 5.24. The first-order valence-corrected chi connectivity index (χ1v) is 7.28. The topological polar surface area (TPSA) is 50.9 Å². The van der Waals surface area contributed by atoms with Crippen LogP contribution in [0, 0.1) is 0 Å². The Kier molecular flexibility index (Phi) is 3.09. The zero-order chi connectivity index (χ0) is 14.9. The normalized spacial score (nSPS) is 11.3. The van der Waals surface area contributed by atoms with Crippen LogP contribution in [0.5, 0.6) is 0 Å². The Morgan fingerprint density at radius 1 is 0.909 bits per heavy atom. The second-order valence-corrected chi connectivity index (χ2v) is 5.26. The van der Waals surface area contributed by atoms with Crippen molar-refractivity contribution in [1.29, 1.82) is 0 Å². The van der Waals surface area contributed by atoms with Crippen LogP contribution >= 0.6 is 0 Å². The van der Waals surface area contributed by atoms with Crippen molar-refractivity contribution in [3.05, 3.63) is 66.6 Å². The van der Waals surface area contributed by atoms with Gasteiger partial charge in [-0.3, -0.25) is 9.55 Å². The van der Waals surface area contributed by atoms with Crippen molar-refractivity contribution >= 4 is 21.9 Å². The number of aliphatic hydroxyl groups is 1. The summed E-state index contributed by atoms with van der Waals surface area (Å²) in [5.74, 6) is 0. The van der Waals surface area contributed by atoms with Crippen molar-refractivity contribution in [3.8, 4) is 5.69 Å². The summed E-state index contributed by atoms with van der Waals surface area (Å²) in [7, 11) is 0. The standard InChI is InChI=1S/C18H15N3O/c22-10-9-13-5-7-14(8-6-13)21-12-20-17-11-19-16-4-2-1-3-15(16)18(17)21/h1-8,11-12,22H,9-10H2. The predicted octanol–water partition coefficient (Wildman–Crippen LogP) is 3.11. The number of benzene rings is 2. The molecule has 0 spiro atoms. The SMILES string of the molecule is OCCc1ccc(-n2cnc3cnc4ccccc4c32)cc1. The molecule has 1 N–H and O–H groups in total. The number of para-hydroxylation sites is 1. The number of hydrogen-bond acceptors (Lipinski definition) is 3.